The van der Waals surface area contributed by atoms with E-state index in [9.17, 15) is 14.7 Å². The van der Waals surface area contributed by atoms with Gasteiger partial charge in [0.1, 0.15) is 5.75 Å². The van der Waals surface area contributed by atoms with E-state index in [2.05, 4.69) is 5.32 Å². The number of aliphatic carboxylic acids is 1. The SMILES string of the molecule is Cc1ccc(Oc2ccccc2)c(NC(=O)N2CCCC(C(=O)O)C2)c1. The van der Waals surface area contributed by atoms with E-state index in [4.69, 9.17) is 4.74 Å². The van der Waals surface area contributed by atoms with Crippen molar-refractivity contribution in [2.75, 3.05) is 18.4 Å². The molecule has 0 aromatic heterocycles. The molecule has 0 spiro atoms. The summed E-state index contributed by atoms with van der Waals surface area (Å²) < 4.78 is 5.88. The molecule has 2 N–H and O–H groups in total. The van der Waals surface area contributed by atoms with Gasteiger partial charge in [-0.15, -0.1) is 0 Å². The number of ether oxygens (including phenoxy) is 1. The van der Waals surface area contributed by atoms with E-state index in [-0.39, 0.29) is 12.6 Å². The van der Waals surface area contributed by atoms with Crippen molar-refractivity contribution in [2.24, 2.45) is 5.92 Å². The average molecular weight is 354 g/mol. The van der Waals surface area contributed by atoms with Gasteiger partial charge in [-0.05, 0) is 49.6 Å². The van der Waals surface area contributed by atoms with E-state index in [1.54, 1.807) is 4.90 Å². The zero-order valence-electron chi connectivity index (χ0n) is 14.6. The number of nitrogens with zero attached hydrogens (tertiary/aromatic N) is 1. The maximum atomic E-state index is 12.6. The predicted molar refractivity (Wildman–Crippen MR) is 98.6 cm³/mol. The van der Waals surface area contributed by atoms with Gasteiger partial charge in [0, 0.05) is 13.1 Å². The molecular weight excluding hydrogens is 332 g/mol. The summed E-state index contributed by atoms with van der Waals surface area (Å²) in [6.07, 6.45) is 1.29. The third kappa shape index (κ3) is 4.33. The highest BCUT2D eigenvalue weighted by Crippen LogP contribution is 2.31. The van der Waals surface area contributed by atoms with E-state index in [0.29, 0.717) is 36.6 Å². The molecule has 2 amide bonds. The first-order valence-corrected chi connectivity index (χ1v) is 8.65. The monoisotopic (exact) mass is 354 g/mol. The molecule has 0 saturated carbocycles. The zero-order chi connectivity index (χ0) is 18.5. The number of hydrogen-bond donors (Lipinski definition) is 2. The molecule has 1 fully saturated rings. The van der Waals surface area contributed by atoms with Gasteiger partial charge in [-0.3, -0.25) is 4.79 Å². The molecule has 1 atom stereocenters. The molecule has 1 aliphatic rings. The van der Waals surface area contributed by atoms with Gasteiger partial charge in [0.05, 0.1) is 11.6 Å². The lowest BCUT2D eigenvalue weighted by Gasteiger charge is -2.31. The summed E-state index contributed by atoms with van der Waals surface area (Å²) in [5, 5.41) is 12.1. The Balaban J connectivity index is 1.75. The van der Waals surface area contributed by atoms with Crippen LogP contribution in [0.1, 0.15) is 18.4 Å². The minimum absolute atomic E-state index is 0.224. The Morgan fingerprint density at radius 2 is 1.96 bits per heavy atom. The van der Waals surface area contributed by atoms with Crippen LogP contribution in [0.4, 0.5) is 10.5 Å². The van der Waals surface area contributed by atoms with E-state index >= 15 is 0 Å². The number of urea groups is 1. The van der Waals surface area contributed by atoms with Gasteiger partial charge in [-0.1, -0.05) is 24.3 Å². The topological polar surface area (TPSA) is 78.9 Å². The number of piperidine rings is 1. The maximum Gasteiger partial charge on any atom is 0.321 e. The Morgan fingerprint density at radius 1 is 1.19 bits per heavy atom. The second-order valence-electron chi connectivity index (χ2n) is 6.47. The molecule has 0 bridgehead atoms. The van der Waals surface area contributed by atoms with Crippen molar-refractivity contribution >= 4 is 17.7 Å². The van der Waals surface area contributed by atoms with Crippen molar-refractivity contribution in [2.45, 2.75) is 19.8 Å². The Kier molecular flexibility index (Phi) is 5.41. The number of rotatable bonds is 4. The number of anilines is 1. The number of benzene rings is 2. The summed E-state index contributed by atoms with van der Waals surface area (Å²) in [4.78, 5) is 25.4. The van der Waals surface area contributed by atoms with Crippen LogP contribution in [0.2, 0.25) is 0 Å². The number of carbonyl (C=O) groups excluding carboxylic acids is 1. The number of likely N-dealkylation sites (tertiary alicyclic amines) is 1. The van der Waals surface area contributed by atoms with Crippen molar-refractivity contribution in [1.82, 2.24) is 4.90 Å². The van der Waals surface area contributed by atoms with Crippen LogP contribution >= 0.6 is 0 Å². The van der Waals surface area contributed by atoms with Gasteiger partial charge in [0.15, 0.2) is 5.75 Å². The summed E-state index contributed by atoms with van der Waals surface area (Å²) in [6.45, 7) is 2.71. The molecular formula is C20H22N2O4. The van der Waals surface area contributed by atoms with Crippen molar-refractivity contribution in [3.8, 4) is 11.5 Å². The molecule has 1 heterocycles. The summed E-state index contributed by atoms with van der Waals surface area (Å²) in [7, 11) is 0. The van der Waals surface area contributed by atoms with Crippen molar-refractivity contribution in [3.05, 3.63) is 54.1 Å². The van der Waals surface area contributed by atoms with Gasteiger partial charge >= 0.3 is 12.0 Å². The lowest BCUT2D eigenvalue weighted by molar-refractivity contribution is -0.143. The third-order valence-electron chi connectivity index (χ3n) is 4.41. The fourth-order valence-electron chi connectivity index (χ4n) is 3.00. The lowest BCUT2D eigenvalue weighted by Crippen LogP contribution is -2.44. The van der Waals surface area contributed by atoms with Crippen LogP contribution in [0.3, 0.4) is 0 Å². The number of carboxylic acids is 1. The molecule has 6 nitrogen and oxygen atoms in total. The normalized spacial score (nSPS) is 16.8. The standard InChI is InChI=1S/C20H22N2O4/c1-14-9-10-18(26-16-7-3-2-4-8-16)17(12-14)21-20(25)22-11-5-6-15(13-22)19(23)24/h2-4,7-10,12,15H,5-6,11,13H2,1H3,(H,21,25)(H,23,24). The van der Waals surface area contributed by atoms with Crippen LogP contribution in [0, 0.1) is 12.8 Å². The number of carboxylic acid groups (broad SMARTS) is 1. The molecule has 0 radical (unpaired) electrons. The Labute approximate surface area is 152 Å². The molecule has 0 aliphatic carbocycles. The largest absolute Gasteiger partial charge is 0.481 e. The highest BCUT2D eigenvalue weighted by atomic mass is 16.5. The van der Waals surface area contributed by atoms with E-state index in [1.165, 1.54) is 0 Å². The van der Waals surface area contributed by atoms with Crippen LogP contribution in [-0.2, 0) is 4.79 Å². The highest BCUT2D eigenvalue weighted by Gasteiger charge is 2.28. The molecule has 26 heavy (non-hydrogen) atoms. The fourth-order valence-corrected chi connectivity index (χ4v) is 3.00. The first kappa shape index (κ1) is 17.8. The molecule has 2 aromatic rings. The highest BCUT2D eigenvalue weighted by molar-refractivity contribution is 5.91. The molecule has 1 saturated heterocycles. The smallest absolute Gasteiger partial charge is 0.321 e. The molecule has 1 unspecified atom stereocenters. The molecule has 6 heteroatoms. The van der Waals surface area contributed by atoms with E-state index < -0.39 is 11.9 Å². The molecule has 3 rings (SSSR count). The molecule has 136 valence electrons. The number of amides is 2. The van der Waals surface area contributed by atoms with Crippen LogP contribution in [-0.4, -0.2) is 35.1 Å². The number of nitrogens with one attached hydrogen (secondary N) is 1. The van der Waals surface area contributed by atoms with E-state index in [0.717, 1.165) is 5.56 Å². The van der Waals surface area contributed by atoms with Crippen LogP contribution in [0.25, 0.3) is 0 Å². The molecule has 2 aromatic carbocycles. The minimum Gasteiger partial charge on any atom is -0.481 e. The molecule has 1 aliphatic heterocycles. The van der Waals surface area contributed by atoms with Crippen molar-refractivity contribution < 1.29 is 19.4 Å². The first-order valence-electron chi connectivity index (χ1n) is 8.65. The van der Waals surface area contributed by atoms with E-state index in [1.807, 2.05) is 55.5 Å². The second-order valence-corrected chi connectivity index (χ2v) is 6.47. The number of para-hydroxylation sites is 1. The van der Waals surface area contributed by atoms with Gasteiger partial charge < -0.3 is 20.1 Å². The number of aryl methyl sites for hydroxylation is 1. The minimum atomic E-state index is -0.855. The number of hydrogen-bond acceptors (Lipinski definition) is 3. The lowest BCUT2D eigenvalue weighted by atomic mass is 9.99. The van der Waals surface area contributed by atoms with Crippen molar-refractivity contribution in [1.29, 1.82) is 0 Å². The Bertz CT molecular complexity index is 792. The first-order chi connectivity index (χ1) is 12.5. The Hall–Kier alpha value is -3.02. The average Bonchev–Trinajstić information content (AvgIpc) is 2.65. The fraction of sp³-hybridized carbons (Fsp3) is 0.300. The van der Waals surface area contributed by atoms with Crippen LogP contribution in [0.15, 0.2) is 48.5 Å². The van der Waals surface area contributed by atoms with Crippen LogP contribution < -0.4 is 10.1 Å². The van der Waals surface area contributed by atoms with Crippen molar-refractivity contribution in [3.63, 3.8) is 0 Å². The maximum absolute atomic E-state index is 12.6. The van der Waals surface area contributed by atoms with Gasteiger partial charge in [-0.25, -0.2) is 4.79 Å². The zero-order valence-corrected chi connectivity index (χ0v) is 14.6. The van der Waals surface area contributed by atoms with Gasteiger partial charge in [0.25, 0.3) is 0 Å². The summed E-state index contributed by atoms with van der Waals surface area (Å²) >= 11 is 0. The predicted octanol–water partition coefficient (Wildman–Crippen LogP) is 4.12. The number of carbonyl (C=O) groups is 2. The third-order valence-corrected chi connectivity index (χ3v) is 4.41. The van der Waals surface area contributed by atoms with Crippen LogP contribution in [0.5, 0.6) is 11.5 Å². The van der Waals surface area contributed by atoms with Gasteiger partial charge in [0.2, 0.25) is 0 Å². The summed E-state index contributed by atoms with van der Waals surface area (Å²) in [5.41, 5.74) is 1.55. The van der Waals surface area contributed by atoms with Gasteiger partial charge in [-0.2, -0.15) is 0 Å². The second kappa shape index (κ2) is 7.91. The Morgan fingerprint density at radius 3 is 2.69 bits per heavy atom. The summed E-state index contributed by atoms with van der Waals surface area (Å²) in [5.74, 6) is -0.143. The summed E-state index contributed by atoms with van der Waals surface area (Å²) in [6, 6.07) is 14.6. The quantitative estimate of drug-likeness (QED) is 0.866.